The Balaban J connectivity index is 1.21. The number of carbonyl (C=O) groups excluding carboxylic acids is 3. The average Bonchev–Trinajstić information content (AvgIpc) is 3.57. The lowest BCUT2D eigenvalue weighted by atomic mass is 9.97. The van der Waals surface area contributed by atoms with Crippen LogP contribution in [-0.4, -0.2) is 75.9 Å². The number of benzene rings is 3. The molecule has 0 saturated heterocycles. The Morgan fingerprint density at radius 3 is 2.52 bits per heavy atom. The number of hydrogen-bond donors (Lipinski definition) is 3. The zero-order chi connectivity index (χ0) is 32.8. The van der Waals surface area contributed by atoms with Crippen LogP contribution in [0.5, 0.6) is 5.75 Å². The summed E-state index contributed by atoms with van der Waals surface area (Å²) >= 11 is 0. The van der Waals surface area contributed by atoms with Gasteiger partial charge in [-0.25, -0.2) is 0 Å². The van der Waals surface area contributed by atoms with Gasteiger partial charge < -0.3 is 25.4 Å². The summed E-state index contributed by atoms with van der Waals surface area (Å²) in [6, 6.07) is 20.6. The Labute approximate surface area is 267 Å². The lowest BCUT2D eigenvalue weighted by Gasteiger charge is -2.21. The molecule has 0 bridgehead atoms. The summed E-state index contributed by atoms with van der Waals surface area (Å²) in [6.07, 6.45) is 0.997. The molecule has 4 aromatic rings. The lowest BCUT2D eigenvalue weighted by molar-refractivity contribution is -0.115. The second-order valence-electron chi connectivity index (χ2n) is 11.2. The van der Waals surface area contributed by atoms with Crippen LogP contribution < -0.4 is 15.4 Å². The van der Waals surface area contributed by atoms with Gasteiger partial charge in [0.2, 0.25) is 5.91 Å². The molecule has 2 amide bonds. The van der Waals surface area contributed by atoms with E-state index in [-0.39, 0.29) is 24.2 Å². The molecule has 0 radical (unpaired) electrons. The van der Waals surface area contributed by atoms with E-state index >= 15 is 0 Å². The molecule has 238 valence electrons. The highest BCUT2D eigenvalue weighted by Gasteiger charge is 2.30. The van der Waals surface area contributed by atoms with Gasteiger partial charge in [-0.3, -0.25) is 24.1 Å². The Bertz CT molecular complexity index is 1760. The van der Waals surface area contributed by atoms with E-state index in [0.717, 1.165) is 24.3 Å². The summed E-state index contributed by atoms with van der Waals surface area (Å²) in [5.41, 5.74) is 4.34. The molecule has 11 heteroatoms. The minimum absolute atomic E-state index is 0.191. The van der Waals surface area contributed by atoms with Crippen molar-refractivity contribution < 1.29 is 24.2 Å². The third kappa shape index (κ3) is 7.56. The Morgan fingerprint density at radius 2 is 1.83 bits per heavy atom. The normalized spacial score (nSPS) is 14.7. The molecular formula is C35H38N6O5. The first-order valence-electron chi connectivity index (χ1n) is 15.2. The van der Waals surface area contributed by atoms with Crippen LogP contribution in [0.1, 0.15) is 57.4 Å². The highest BCUT2D eigenvalue weighted by Crippen LogP contribution is 2.33. The number of aromatic nitrogens is 2. The van der Waals surface area contributed by atoms with Crippen LogP contribution in [0.3, 0.4) is 0 Å². The maximum atomic E-state index is 13.4. The predicted octanol–water partition coefficient (Wildman–Crippen LogP) is 4.73. The number of amides is 2. The van der Waals surface area contributed by atoms with Gasteiger partial charge in [-0.2, -0.15) is 5.10 Å². The zero-order valence-corrected chi connectivity index (χ0v) is 26.4. The van der Waals surface area contributed by atoms with E-state index < -0.39 is 12.0 Å². The van der Waals surface area contributed by atoms with Gasteiger partial charge in [0.25, 0.3) is 5.91 Å². The van der Waals surface area contributed by atoms with Crippen molar-refractivity contribution >= 4 is 40.9 Å². The first kappa shape index (κ1) is 32.3. The largest absolute Gasteiger partial charge is 0.491 e. The van der Waals surface area contributed by atoms with Crippen LogP contribution >= 0.6 is 0 Å². The number of nitrogens with zero attached hydrogens (tertiary/aromatic N) is 4. The predicted molar refractivity (Wildman–Crippen MR) is 177 cm³/mol. The molecule has 2 heterocycles. The summed E-state index contributed by atoms with van der Waals surface area (Å²) in [5.74, 6) is -0.800. The molecular weight excluding hydrogens is 584 g/mol. The van der Waals surface area contributed by atoms with Crippen molar-refractivity contribution in [2.75, 3.05) is 36.9 Å². The summed E-state index contributed by atoms with van der Waals surface area (Å²) in [4.78, 5) is 45.6. The molecule has 1 aromatic heterocycles. The highest BCUT2D eigenvalue weighted by atomic mass is 16.5. The summed E-state index contributed by atoms with van der Waals surface area (Å²) in [6.45, 7) is 8.40. The number of aliphatic hydroxyl groups is 1. The molecule has 46 heavy (non-hydrogen) atoms. The molecule has 1 aliphatic heterocycles. The average molecular weight is 623 g/mol. The number of aryl methyl sites for hydroxylation is 2. The summed E-state index contributed by atoms with van der Waals surface area (Å²) in [5, 5.41) is 20.1. The van der Waals surface area contributed by atoms with Gasteiger partial charge in [-0.1, -0.05) is 38.1 Å². The number of ether oxygens (including phenoxy) is 1. The molecule has 3 N–H and O–H groups in total. The number of carbonyl (C=O) groups is 3. The standard InChI is InChI=1S/C35H38N6O5/c1-5-41(6-2)20-27(42)21-46-28-13-11-25(12-14-28)36-19-30-29-15-10-24(18-31(29)38-34(30)44)33(43)23-8-7-9-26(17-23)37-35(45)32-16-22(3)39-40(32)4/h7-19,27,30,42H,5-6,20-21H2,1-4H3,(H,37,45)(H,38,44). The van der Waals surface area contributed by atoms with Gasteiger partial charge in [0, 0.05) is 42.3 Å². The topological polar surface area (TPSA) is 138 Å². The fourth-order valence-electron chi connectivity index (χ4n) is 5.31. The molecule has 3 aromatic carbocycles. The number of anilines is 2. The number of rotatable bonds is 13. The molecule has 11 nitrogen and oxygen atoms in total. The van der Waals surface area contributed by atoms with Crippen molar-refractivity contribution in [3.63, 3.8) is 0 Å². The molecule has 2 atom stereocenters. The monoisotopic (exact) mass is 622 g/mol. The van der Waals surface area contributed by atoms with Crippen molar-refractivity contribution in [3.8, 4) is 5.75 Å². The molecule has 1 aliphatic rings. The van der Waals surface area contributed by atoms with Crippen molar-refractivity contribution in [2.24, 2.45) is 12.0 Å². The Morgan fingerprint density at radius 1 is 1.09 bits per heavy atom. The van der Waals surface area contributed by atoms with Crippen LogP contribution in [0.15, 0.2) is 77.8 Å². The van der Waals surface area contributed by atoms with Crippen molar-refractivity contribution in [2.45, 2.75) is 32.8 Å². The summed E-state index contributed by atoms with van der Waals surface area (Å²) in [7, 11) is 1.70. The molecule has 2 unspecified atom stereocenters. The first-order chi connectivity index (χ1) is 22.1. The smallest absolute Gasteiger partial charge is 0.273 e. The van der Waals surface area contributed by atoms with E-state index in [1.807, 2.05) is 6.92 Å². The van der Waals surface area contributed by atoms with E-state index in [1.165, 1.54) is 4.68 Å². The Kier molecular flexibility index (Phi) is 10.0. The minimum atomic E-state index is -0.612. The van der Waals surface area contributed by atoms with Crippen molar-refractivity contribution in [1.82, 2.24) is 14.7 Å². The van der Waals surface area contributed by atoms with Crippen LogP contribution in [0.25, 0.3) is 0 Å². The van der Waals surface area contributed by atoms with Gasteiger partial charge >= 0.3 is 0 Å². The third-order valence-corrected chi connectivity index (χ3v) is 7.82. The number of ketones is 1. The third-order valence-electron chi connectivity index (χ3n) is 7.82. The first-order valence-corrected chi connectivity index (χ1v) is 15.2. The molecule has 0 saturated carbocycles. The quantitative estimate of drug-likeness (QED) is 0.145. The van der Waals surface area contributed by atoms with E-state index in [9.17, 15) is 19.5 Å². The van der Waals surface area contributed by atoms with E-state index in [0.29, 0.717) is 46.2 Å². The maximum absolute atomic E-state index is 13.4. The number of aliphatic imine (C=N–C) groups is 1. The van der Waals surface area contributed by atoms with Crippen molar-refractivity contribution in [1.29, 1.82) is 0 Å². The van der Waals surface area contributed by atoms with Gasteiger partial charge in [0.15, 0.2) is 5.78 Å². The number of hydrogen-bond acceptors (Lipinski definition) is 8. The zero-order valence-electron chi connectivity index (χ0n) is 26.4. The number of likely N-dealkylation sites (N-methyl/N-ethyl adjacent to an activating group) is 1. The number of aliphatic hydroxyl groups excluding tert-OH is 1. The van der Waals surface area contributed by atoms with E-state index in [2.05, 4.69) is 39.5 Å². The van der Waals surface area contributed by atoms with Crippen LogP contribution in [0.2, 0.25) is 0 Å². The fourth-order valence-corrected chi connectivity index (χ4v) is 5.31. The SMILES string of the molecule is CCN(CC)CC(O)COc1ccc(N=CC2C(=O)Nc3cc(C(=O)c4cccc(NC(=O)c5cc(C)nn5C)c4)ccc32)cc1. The van der Waals surface area contributed by atoms with Crippen molar-refractivity contribution in [3.05, 3.63) is 101 Å². The van der Waals surface area contributed by atoms with E-state index in [4.69, 9.17) is 4.74 Å². The molecule has 5 rings (SSSR count). The minimum Gasteiger partial charge on any atom is -0.491 e. The number of nitrogens with one attached hydrogen (secondary N) is 2. The fraction of sp³-hybridized carbons (Fsp3) is 0.286. The van der Waals surface area contributed by atoms with Crippen LogP contribution in [0.4, 0.5) is 17.1 Å². The van der Waals surface area contributed by atoms with E-state index in [1.54, 1.807) is 86.1 Å². The Hall–Kier alpha value is -5.13. The summed E-state index contributed by atoms with van der Waals surface area (Å²) < 4.78 is 7.23. The molecule has 0 spiro atoms. The van der Waals surface area contributed by atoms with Gasteiger partial charge in [-0.15, -0.1) is 0 Å². The number of fused-ring (bicyclic) bond motifs is 1. The van der Waals surface area contributed by atoms with Gasteiger partial charge in [0.05, 0.1) is 11.4 Å². The van der Waals surface area contributed by atoms with Gasteiger partial charge in [-0.05, 0) is 74.1 Å². The second kappa shape index (κ2) is 14.3. The maximum Gasteiger partial charge on any atom is 0.273 e. The second-order valence-corrected chi connectivity index (χ2v) is 11.2. The lowest BCUT2D eigenvalue weighted by Crippen LogP contribution is -2.35. The molecule has 0 fully saturated rings. The van der Waals surface area contributed by atoms with Crippen LogP contribution in [0, 0.1) is 6.92 Å². The van der Waals surface area contributed by atoms with Gasteiger partial charge in [0.1, 0.15) is 30.1 Å². The van der Waals surface area contributed by atoms with Crippen LogP contribution in [-0.2, 0) is 11.8 Å². The molecule has 0 aliphatic carbocycles. The highest BCUT2D eigenvalue weighted by molar-refractivity contribution is 6.15.